The van der Waals surface area contributed by atoms with Crippen molar-refractivity contribution in [3.8, 4) is 0 Å². The lowest BCUT2D eigenvalue weighted by atomic mass is 10.1. The van der Waals surface area contributed by atoms with E-state index >= 15 is 0 Å². The zero-order valence-corrected chi connectivity index (χ0v) is 9.29. The van der Waals surface area contributed by atoms with Crippen LogP contribution >= 0.6 is 0 Å². The average Bonchev–Trinajstić information content (AvgIpc) is 2.74. The van der Waals surface area contributed by atoms with Crippen LogP contribution in [0.3, 0.4) is 0 Å². The van der Waals surface area contributed by atoms with Crippen LogP contribution in [-0.4, -0.2) is 30.2 Å². The fourth-order valence-electron chi connectivity index (χ4n) is 2.01. The van der Waals surface area contributed by atoms with Crippen LogP contribution in [0.5, 0.6) is 0 Å². The van der Waals surface area contributed by atoms with E-state index in [1.807, 2.05) is 6.92 Å². The number of rotatable bonds is 4. The number of nitrogens with two attached hydrogens (primary N) is 1. The molecule has 0 radical (unpaired) electrons. The van der Waals surface area contributed by atoms with Crippen LogP contribution in [0.15, 0.2) is 0 Å². The zero-order chi connectivity index (χ0) is 10.9. The van der Waals surface area contributed by atoms with Gasteiger partial charge in [0.05, 0.1) is 11.6 Å². The second-order valence-electron chi connectivity index (χ2n) is 4.90. The van der Waals surface area contributed by atoms with Gasteiger partial charge in [-0.1, -0.05) is 0 Å². The summed E-state index contributed by atoms with van der Waals surface area (Å²) < 4.78 is 5.52. The van der Waals surface area contributed by atoms with Crippen LogP contribution < -0.4 is 11.1 Å². The standard InChI is InChI=1S/C11H20N2O2/c1-8(7-9-3-2-6-15-9)13-10(14)11(12)4-5-11/h8-9H,2-7,12H2,1H3,(H,13,14). The van der Waals surface area contributed by atoms with Gasteiger partial charge >= 0.3 is 0 Å². The molecule has 1 heterocycles. The van der Waals surface area contributed by atoms with Gasteiger partial charge in [0, 0.05) is 12.6 Å². The number of carbonyl (C=O) groups excluding carboxylic acids is 1. The van der Waals surface area contributed by atoms with E-state index in [2.05, 4.69) is 5.32 Å². The molecule has 3 N–H and O–H groups in total. The molecule has 0 bridgehead atoms. The van der Waals surface area contributed by atoms with Crippen molar-refractivity contribution in [2.45, 2.75) is 56.7 Å². The number of carbonyl (C=O) groups is 1. The third kappa shape index (κ3) is 2.69. The molecule has 4 nitrogen and oxygen atoms in total. The first-order valence-corrected chi connectivity index (χ1v) is 5.82. The molecule has 2 atom stereocenters. The summed E-state index contributed by atoms with van der Waals surface area (Å²) in [4.78, 5) is 11.6. The molecule has 0 aromatic heterocycles. The lowest BCUT2D eigenvalue weighted by Crippen LogP contribution is -2.47. The molecule has 2 unspecified atom stereocenters. The maximum atomic E-state index is 11.6. The van der Waals surface area contributed by atoms with Crippen LogP contribution in [0.25, 0.3) is 0 Å². The average molecular weight is 212 g/mol. The molecule has 0 aromatic carbocycles. The van der Waals surface area contributed by atoms with E-state index in [0.717, 1.165) is 38.7 Å². The molecule has 15 heavy (non-hydrogen) atoms. The molecule has 1 amide bonds. The summed E-state index contributed by atoms with van der Waals surface area (Å²) in [5.74, 6) is 0.00740. The number of amides is 1. The molecule has 1 saturated heterocycles. The Bertz CT molecular complexity index is 245. The third-order valence-corrected chi connectivity index (χ3v) is 3.26. The summed E-state index contributed by atoms with van der Waals surface area (Å²) in [6, 6.07) is 0.168. The van der Waals surface area contributed by atoms with Gasteiger partial charge in [0.2, 0.25) is 5.91 Å². The predicted octanol–water partition coefficient (Wildman–Crippen LogP) is 0.552. The molecule has 2 rings (SSSR count). The minimum atomic E-state index is -0.551. The van der Waals surface area contributed by atoms with Gasteiger partial charge in [-0.05, 0) is 39.0 Å². The first kappa shape index (κ1) is 10.9. The number of ether oxygens (including phenoxy) is 1. The summed E-state index contributed by atoms with van der Waals surface area (Å²) >= 11 is 0. The Hall–Kier alpha value is -0.610. The molecule has 1 saturated carbocycles. The first-order chi connectivity index (χ1) is 7.10. The van der Waals surface area contributed by atoms with E-state index in [4.69, 9.17) is 10.5 Å². The molecule has 1 aliphatic carbocycles. The van der Waals surface area contributed by atoms with Gasteiger partial charge in [-0.15, -0.1) is 0 Å². The van der Waals surface area contributed by atoms with Gasteiger partial charge in [-0.25, -0.2) is 0 Å². The van der Waals surface area contributed by atoms with Crippen molar-refractivity contribution in [3.63, 3.8) is 0 Å². The number of hydrogen-bond donors (Lipinski definition) is 2. The second-order valence-corrected chi connectivity index (χ2v) is 4.90. The fourth-order valence-corrected chi connectivity index (χ4v) is 2.01. The molecule has 86 valence electrons. The smallest absolute Gasteiger partial charge is 0.240 e. The maximum absolute atomic E-state index is 11.6. The summed E-state index contributed by atoms with van der Waals surface area (Å²) in [5, 5.41) is 2.97. The van der Waals surface area contributed by atoms with E-state index in [9.17, 15) is 4.79 Å². The third-order valence-electron chi connectivity index (χ3n) is 3.26. The zero-order valence-electron chi connectivity index (χ0n) is 9.29. The van der Waals surface area contributed by atoms with Crippen LogP contribution in [0, 0.1) is 0 Å². The quantitative estimate of drug-likeness (QED) is 0.715. The molecule has 0 aromatic rings. The Morgan fingerprint density at radius 1 is 1.67 bits per heavy atom. The summed E-state index contributed by atoms with van der Waals surface area (Å²) in [7, 11) is 0. The highest BCUT2D eigenvalue weighted by molar-refractivity contribution is 5.89. The Morgan fingerprint density at radius 2 is 2.40 bits per heavy atom. The minimum absolute atomic E-state index is 0.00740. The van der Waals surface area contributed by atoms with E-state index in [-0.39, 0.29) is 11.9 Å². The van der Waals surface area contributed by atoms with Gasteiger partial charge in [0.15, 0.2) is 0 Å². The van der Waals surface area contributed by atoms with Crippen molar-refractivity contribution in [1.82, 2.24) is 5.32 Å². The van der Waals surface area contributed by atoms with E-state index in [0.29, 0.717) is 6.10 Å². The van der Waals surface area contributed by atoms with Gasteiger partial charge in [0.1, 0.15) is 0 Å². The summed E-state index contributed by atoms with van der Waals surface area (Å²) in [6.07, 6.45) is 5.15. The van der Waals surface area contributed by atoms with E-state index in [1.165, 1.54) is 0 Å². The normalized spacial score (nSPS) is 29.9. The van der Waals surface area contributed by atoms with Crippen LogP contribution in [-0.2, 0) is 9.53 Å². The van der Waals surface area contributed by atoms with Crippen LogP contribution in [0.2, 0.25) is 0 Å². The molecule has 0 spiro atoms. The van der Waals surface area contributed by atoms with Gasteiger partial charge in [-0.3, -0.25) is 4.79 Å². The summed E-state index contributed by atoms with van der Waals surface area (Å²) in [6.45, 7) is 2.89. The van der Waals surface area contributed by atoms with Gasteiger partial charge in [-0.2, -0.15) is 0 Å². The van der Waals surface area contributed by atoms with Crippen molar-refractivity contribution in [3.05, 3.63) is 0 Å². The highest BCUT2D eigenvalue weighted by Gasteiger charge is 2.46. The lowest BCUT2D eigenvalue weighted by molar-refractivity contribution is -0.124. The van der Waals surface area contributed by atoms with Crippen molar-refractivity contribution in [1.29, 1.82) is 0 Å². The Balaban J connectivity index is 1.71. The number of nitrogens with one attached hydrogen (secondary N) is 1. The fraction of sp³-hybridized carbons (Fsp3) is 0.909. The molecule has 1 aliphatic heterocycles. The van der Waals surface area contributed by atoms with Crippen molar-refractivity contribution in [2.24, 2.45) is 5.73 Å². The highest BCUT2D eigenvalue weighted by Crippen LogP contribution is 2.32. The summed E-state index contributed by atoms with van der Waals surface area (Å²) in [5.41, 5.74) is 5.25. The van der Waals surface area contributed by atoms with E-state index in [1.54, 1.807) is 0 Å². The van der Waals surface area contributed by atoms with E-state index < -0.39 is 5.54 Å². The number of hydrogen-bond acceptors (Lipinski definition) is 3. The van der Waals surface area contributed by atoms with Crippen LogP contribution in [0.1, 0.15) is 39.0 Å². The monoisotopic (exact) mass is 212 g/mol. The largest absolute Gasteiger partial charge is 0.378 e. The van der Waals surface area contributed by atoms with Crippen molar-refractivity contribution < 1.29 is 9.53 Å². The first-order valence-electron chi connectivity index (χ1n) is 5.82. The molecule has 2 fully saturated rings. The van der Waals surface area contributed by atoms with Gasteiger partial charge in [0.25, 0.3) is 0 Å². The Labute approximate surface area is 90.5 Å². The second kappa shape index (κ2) is 4.10. The maximum Gasteiger partial charge on any atom is 0.240 e. The minimum Gasteiger partial charge on any atom is -0.378 e. The lowest BCUT2D eigenvalue weighted by Gasteiger charge is -2.19. The SMILES string of the molecule is CC(CC1CCCO1)NC(=O)C1(N)CC1. The Kier molecular flexibility index (Phi) is 2.98. The topological polar surface area (TPSA) is 64.3 Å². The molecule has 2 aliphatic rings. The van der Waals surface area contributed by atoms with Crippen molar-refractivity contribution >= 4 is 5.91 Å². The van der Waals surface area contributed by atoms with Gasteiger partial charge < -0.3 is 15.8 Å². The molecular formula is C11H20N2O2. The Morgan fingerprint density at radius 3 is 2.93 bits per heavy atom. The predicted molar refractivity (Wildman–Crippen MR) is 57.3 cm³/mol. The highest BCUT2D eigenvalue weighted by atomic mass is 16.5. The molecule has 4 heteroatoms. The molecular weight excluding hydrogens is 192 g/mol. The van der Waals surface area contributed by atoms with Crippen molar-refractivity contribution in [2.75, 3.05) is 6.61 Å². The van der Waals surface area contributed by atoms with Crippen LogP contribution in [0.4, 0.5) is 0 Å².